The van der Waals surface area contributed by atoms with Crippen LogP contribution in [0.15, 0.2) is 18.2 Å². The van der Waals surface area contributed by atoms with Crippen LogP contribution in [0.1, 0.15) is 44.6 Å². The van der Waals surface area contributed by atoms with Gasteiger partial charge in [-0.1, -0.05) is 12.5 Å². The number of fused-ring (bicyclic) bond motifs is 3. The Hall–Kier alpha value is -2.57. The molecule has 4 atom stereocenters. The molecule has 0 spiro atoms. The number of carbonyl (C=O) groups is 3. The molecule has 0 aromatic heterocycles. The molecule has 1 aromatic carbocycles. The average Bonchev–Trinajstić information content (AvgIpc) is 3.13. The highest BCUT2D eigenvalue weighted by atomic mass is 16.7. The second-order valence-corrected chi connectivity index (χ2v) is 7.88. The zero-order valence-corrected chi connectivity index (χ0v) is 15.9. The Kier molecular flexibility index (Phi) is 5.24. The van der Waals surface area contributed by atoms with E-state index >= 15 is 0 Å². The maximum absolute atomic E-state index is 12.5. The molecule has 2 saturated carbocycles. The van der Waals surface area contributed by atoms with E-state index in [9.17, 15) is 14.4 Å². The Bertz CT molecular complexity index is 775. The van der Waals surface area contributed by atoms with Crippen molar-refractivity contribution in [1.29, 1.82) is 0 Å². The predicted octanol–water partition coefficient (Wildman–Crippen LogP) is 2.36. The first-order valence-corrected chi connectivity index (χ1v) is 9.91. The van der Waals surface area contributed by atoms with Crippen molar-refractivity contribution in [3.8, 4) is 11.5 Å². The predicted molar refractivity (Wildman–Crippen MR) is 98.5 cm³/mol. The third kappa shape index (κ3) is 3.84. The third-order valence-corrected chi connectivity index (χ3v) is 5.95. The number of hydrogen-bond acceptors (Lipinski definition) is 6. The summed E-state index contributed by atoms with van der Waals surface area (Å²) in [4.78, 5) is 37.0. The largest absolute Gasteiger partial charge is 0.454 e. The summed E-state index contributed by atoms with van der Waals surface area (Å²) in [7, 11) is 0. The second-order valence-electron chi connectivity index (χ2n) is 7.88. The molecule has 4 rings (SSSR count). The van der Waals surface area contributed by atoms with Crippen molar-refractivity contribution >= 4 is 17.7 Å². The van der Waals surface area contributed by atoms with Crippen LogP contribution in [0.2, 0.25) is 0 Å². The van der Waals surface area contributed by atoms with Crippen LogP contribution in [0.5, 0.6) is 11.5 Å². The van der Waals surface area contributed by atoms with Gasteiger partial charge in [0, 0.05) is 18.4 Å². The molecule has 7 heteroatoms. The second kappa shape index (κ2) is 7.81. The SMILES string of the molecule is C[C@H](OC(=O)C1C[C@H]2CCC[C@@H](C1)C2=O)C(=O)NCc1ccc2c(c1)OCO2. The highest BCUT2D eigenvalue weighted by molar-refractivity contribution is 5.88. The fourth-order valence-electron chi connectivity index (χ4n) is 4.38. The summed E-state index contributed by atoms with van der Waals surface area (Å²) in [6.45, 7) is 2.08. The van der Waals surface area contributed by atoms with Crippen LogP contribution in [0.3, 0.4) is 0 Å². The van der Waals surface area contributed by atoms with Gasteiger partial charge in [-0.2, -0.15) is 0 Å². The lowest BCUT2D eigenvalue weighted by atomic mass is 9.67. The van der Waals surface area contributed by atoms with Gasteiger partial charge in [-0.15, -0.1) is 0 Å². The van der Waals surface area contributed by atoms with Crippen molar-refractivity contribution in [1.82, 2.24) is 5.32 Å². The third-order valence-electron chi connectivity index (χ3n) is 5.95. The molecule has 1 N–H and O–H groups in total. The number of Topliss-reactive ketones (excluding diaryl/α,β-unsaturated/α-hetero) is 1. The molecule has 0 radical (unpaired) electrons. The summed E-state index contributed by atoms with van der Waals surface area (Å²) in [5, 5.41) is 2.78. The number of esters is 1. The van der Waals surface area contributed by atoms with E-state index in [-0.39, 0.29) is 36.4 Å². The molecule has 1 heterocycles. The van der Waals surface area contributed by atoms with Crippen molar-refractivity contribution < 1.29 is 28.6 Å². The Labute approximate surface area is 163 Å². The Morgan fingerprint density at radius 3 is 2.64 bits per heavy atom. The Balaban J connectivity index is 1.27. The molecule has 3 aliphatic rings. The van der Waals surface area contributed by atoms with Crippen LogP contribution >= 0.6 is 0 Å². The summed E-state index contributed by atoms with van der Waals surface area (Å²) in [5.41, 5.74) is 0.870. The zero-order valence-electron chi connectivity index (χ0n) is 15.9. The first kappa shape index (κ1) is 18.8. The van der Waals surface area contributed by atoms with Gasteiger partial charge in [0.1, 0.15) is 5.78 Å². The van der Waals surface area contributed by atoms with Crippen LogP contribution in [0, 0.1) is 17.8 Å². The molecule has 28 heavy (non-hydrogen) atoms. The smallest absolute Gasteiger partial charge is 0.309 e. The summed E-state index contributed by atoms with van der Waals surface area (Å²) in [6, 6.07) is 5.47. The van der Waals surface area contributed by atoms with E-state index in [2.05, 4.69) is 5.32 Å². The number of rotatable bonds is 5. The molecule has 2 fully saturated rings. The monoisotopic (exact) mass is 387 g/mol. The lowest BCUT2D eigenvalue weighted by Crippen LogP contribution is -2.42. The molecule has 2 aliphatic carbocycles. The zero-order chi connectivity index (χ0) is 19.7. The van der Waals surface area contributed by atoms with E-state index in [4.69, 9.17) is 14.2 Å². The van der Waals surface area contributed by atoms with E-state index < -0.39 is 6.10 Å². The molecule has 1 amide bonds. The molecule has 0 saturated heterocycles. The van der Waals surface area contributed by atoms with Crippen molar-refractivity contribution in [2.75, 3.05) is 6.79 Å². The van der Waals surface area contributed by atoms with Gasteiger partial charge >= 0.3 is 5.97 Å². The average molecular weight is 387 g/mol. The minimum absolute atomic E-state index is 0.0137. The lowest BCUT2D eigenvalue weighted by Gasteiger charge is -2.36. The fourth-order valence-corrected chi connectivity index (χ4v) is 4.38. The summed E-state index contributed by atoms with van der Waals surface area (Å²) in [5.74, 6) is 0.632. The topological polar surface area (TPSA) is 90.9 Å². The molecular formula is C21H25NO6. The molecular weight excluding hydrogens is 362 g/mol. The maximum Gasteiger partial charge on any atom is 0.309 e. The number of ether oxygens (including phenoxy) is 3. The highest BCUT2D eigenvalue weighted by Crippen LogP contribution is 2.40. The Morgan fingerprint density at radius 1 is 1.18 bits per heavy atom. The molecule has 1 aliphatic heterocycles. The van der Waals surface area contributed by atoms with Crippen LogP contribution < -0.4 is 14.8 Å². The number of amides is 1. The fraction of sp³-hybridized carbons (Fsp3) is 0.571. The number of ketones is 1. The van der Waals surface area contributed by atoms with Gasteiger partial charge in [-0.25, -0.2) is 0 Å². The standard InChI is InChI=1S/C21H25NO6/c1-12(20(24)22-10-13-5-6-17-18(7-13)27-11-26-17)28-21(25)16-8-14-3-2-4-15(9-16)19(14)23/h5-7,12,14-16H,2-4,8-11H2,1H3,(H,22,24)/t12-,14-,15+,16?/m0/s1. The molecule has 150 valence electrons. The van der Waals surface area contributed by atoms with E-state index in [0.29, 0.717) is 36.7 Å². The molecule has 1 unspecified atom stereocenters. The van der Waals surface area contributed by atoms with Crippen molar-refractivity contribution in [3.05, 3.63) is 23.8 Å². The van der Waals surface area contributed by atoms with Gasteiger partial charge in [-0.05, 0) is 50.3 Å². The van der Waals surface area contributed by atoms with Crippen molar-refractivity contribution in [3.63, 3.8) is 0 Å². The van der Waals surface area contributed by atoms with Crippen LogP contribution in [-0.2, 0) is 25.7 Å². The number of carbonyl (C=O) groups excluding carboxylic acids is 3. The summed E-state index contributed by atoms with van der Waals surface area (Å²) in [6.07, 6.45) is 3.02. The number of nitrogens with one attached hydrogen (secondary N) is 1. The minimum Gasteiger partial charge on any atom is -0.454 e. The van der Waals surface area contributed by atoms with E-state index in [1.165, 1.54) is 0 Å². The van der Waals surface area contributed by atoms with Gasteiger partial charge in [-0.3, -0.25) is 14.4 Å². The highest BCUT2D eigenvalue weighted by Gasteiger charge is 2.42. The van der Waals surface area contributed by atoms with Gasteiger partial charge in [0.05, 0.1) is 5.92 Å². The normalized spacial score (nSPS) is 26.5. The minimum atomic E-state index is -0.876. The van der Waals surface area contributed by atoms with E-state index in [1.54, 1.807) is 13.0 Å². The van der Waals surface area contributed by atoms with E-state index in [1.807, 2.05) is 12.1 Å². The van der Waals surface area contributed by atoms with Crippen molar-refractivity contribution in [2.45, 2.75) is 51.7 Å². The maximum atomic E-state index is 12.5. The molecule has 1 aromatic rings. The first-order chi connectivity index (χ1) is 13.5. The van der Waals surface area contributed by atoms with Gasteiger partial charge in [0.15, 0.2) is 17.6 Å². The van der Waals surface area contributed by atoms with Gasteiger partial charge in [0.25, 0.3) is 5.91 Å². The van der Waals surface area contributed by atoms with Gasteiger partial charge in [0.2, 0.25) is 6.79 Å². The number of hydrogen-bond donors (Lipinski definition) is 1. The quantitative estimate of drug-likeness (QED) is 0.780. The summed E-state index contributed by atoms with van der Waals surface area (Å²) >= 11 is 0. The van der Waals surface area contributed by atoms with Crippen LogP contribution in [0.4, 0.5) is 0 Å². The summed E-state index contributed by atoms with van der Waals surface area (Å²) < 4.78 is 16.0. The molecule has 2 bridgehead atoms. The van der Waals surface area contributed by atoms with E-state index in [0.717, 1.165) is 24.8 Å². The molecule has 7 nitrogen and oxygen atoms in total. The Morgan fingerprint density at radius 2 is 1.89 bits per heavy atom. The number of benzene rings is 1. The van der Waals surface area contributed by atoms with Crippen molar-refractivity contribution in [2.24, 2.45) is 17.8 Å². The van der Waals surface area contributed by atoms with Gasteiger partial charge < -0.3 is 19.5 Å². The van der Waals surface area contributed by atoms with Crippen LogP contribution in [-0.4, -0.2) is 30.6 Å². The lowest BCUT2D eigenvalue weighted by molar-refractivity contribution is -0.162. The van der Waals surface area contributed by atoms with Crippen LogP contribution in [0.25, 0.3) is 0 Å². The first-order valence-electron chi connectivity index (χ1n) is 9.91.